The van der Waals surface area contributed by atoms with Gasteiger partial charge in [0.05, 0.1) is 24.5 Å². The minimum atomic E-state index is -3.17. The minimum Gasteiger partial charge on any atom is -0.457 e. The third-order valence-corrected chi connectivity index (χ3v) is 6.61. The van der Waals surface area contributed by atoms with Gasteiger partial charge >= 0.3 is 0 Å². The Morgan fingerprint density at radius 2 is 1.98 bits per heavy atom. The predicted molar refractivity (Wildman–Crippen MR) is 145 cm³/mol. The molecular formula is C29H26F3N7O2. The number of hydrogen-bond acceptors (Lipinski definition) is 7. The van der Waals surface area contributed by atoms with Crippen LogP contribution in [-0.4, -0.2) is 49.1 Å². The van der Waals surface area contributed by atoms with Gasteiger partial charge in [0.2, 0.25) is 0 Å². The van der Waals surface area contributed by atoms with E-state index in [-0.39, 0.29) is 51.9 Å². The summed E-state index contributed by atoms with van der Waals surface area (Å²) in [6.45, 7) is 2.53. The van der Waals surface area contributed by atoms with Crippen molar-refractivity contribution in [1.82, 2.24) is 24.6 Å². The van der Waals surface area contributed by atoms with Crippen LogP contribution in [0.3, 0.4) is 0 Å². The lowest BCUT2D eigenvalue weighted by Crippen LogP contribution is -2.39. The molecule has 1 saturated heterocycles. The molecule has 5 rings (SSSR count). The molecule has 1 atom stereocenters. The average molecular weight is 562 g/mol. The Morgan fingerprint density at radius 1 is 1.22 bits per heavy atom. The summed E-state index contributed by atoms with van der Waals surface area (Å²) in [6.07, 6.45) is 1.99. The van der Waals surface area contributed by atoms with Gasteiger partial charge in [0, 0.05) is 18.1 Å². The van der Waals surface area contributed by atoms with E-state index in [2.05, 4.69) is 15.1 Å². The number of nitrogens with two attached hydrogens (primary N) is 1. The van der Waals surface area contributed by atoms with Crippen LogP contribution in [0.25, 0.3) is 22.3 Å². The molecule has 0 bridgehead atoms. The molecule has 2 aromatic heterocycles. The van der Waals surface area contributed by atoms with E-state index in [0.29, 0.717) is 5.75 Å². The summed E-state index contributed by atoms with van der Waals surface area (Å²) >= 11 is 0. The van der Waals surface area contributed by atoms with E-state index in [1.165, 1.54) is 29.2 Å². The van der Waals surface area contributed by atoms with Crippen LogP contribution < -0.4 is 10.5 Å². The van der Waals surface area contributed by atoms with Gasteiger partial charge in [-0.05, 0) is 30.2 Å². The maximum atomic E-state index is 15.4. The summed E-state index contributed by atoms with van der Waals surface area (Å²) in [7, 11) is 0. The van der Waals surface area contributed by atoms with Crippen molar-refractivity contribution in [2.24, 2.45) is 5.92 Å². The number of fused-ring (bicyclic) bond motifs is 1. The highest BCUT2D eigenvalue weighted by Crippen LogP contribution is 2.37. The van der Waals surface area contributed by atoms with Gasteiger partial charge in [-0.1, -0.05) is 38.1 Å². The number of aromatic nitrogens is 4. The summed E-state index contributed by atoms with van der Waals surface area (Å²) in [5.74, 6) is -3.93. The number of allylic oxidation sites excluding steroid dienone is 1. The second-order valence-electron chi connectivity index (χ2n) is 10.1. The molecule has 4 aromatic rings. The molecule has 0 unspecified atom stereocenters. The number of nitrogens with zero attached hydrogens (tertiary/aromatic N) is 6. The Balaban J connectivity index is 1.51. The first-order valence-corrected chi connectivity index (χ1v) is 12.9. The first-order chi connectivity index (χ1) is 19.6. The molecule has 0 aliphatic carbocycles. The van der Waals surface area contributed by atoms with Crippen molar-refractivity contribution in [3.63, 3.8) is 0 Å². The maximum Gasteiger partial charge on any atom is 0.267 e. The van der Waals surface area contributed by atoms with Crippen LogP contribution in [0.1, 0.15) is 20.3 Å². The van der Waals surface area contributed by atoms with Crippen molar-refractivity contribution in [2.45, 2.75) is 38.8 Å². The van der Waals surface area contributed by atoms with Gasteiger partial charge in [-0.25, -0.2) is 27.8 Å². The Morgan fingerprint density at radius 3 is 2.66 bits per heavy atom. The van der Waals surface area contributed by atoms with Crippen molar-refractivity contribution in [3.8, 4) is 28.8 Å². The Hall–Kier alpha value is -4.92. The molecular weight excluding hydrogens is 535 g/mol. The summed E-state index contributed by atoms with van der Waals surface area (Å²) < 4.78 is 51.6. The number of benzene rings is 2. The predicted octanol–water partition coefficient (Wildman–Crippen LogP) is 5.35. The summed E-state index contributed by atoms with van der Waals surface area (Å²) in [5, 5.41) is 14.2. The van der Waals surface area contributed by atoms with E-state index < -0.39 is 36.7 Å². The molecule has 41 heavy (non-hydrogen) atoms. The van der Waals surface area contributed by atoms with Crippen LogP contribution in [0.4, 0.5) is 19.0 Å². The van der Waals surface area contributed by atoms with Gasteiger partial charge in [0.25, 0.3) is 11.8 Å². The molecule has 12 heteroatoms. The smallest absolute Gasteiger partial charge is 0.267 e. The van der Waals surface area contributed by atoms with E-state index >= 15 is 4.39 Å². The molecule has 1 fully saturated rings. The summed E-state index contributed by atoms with van der Waals surface area (Å²) in [6, 6.07) is 13.9. The van der Waals surface area contributed by atoms with E-state index in [1.807, 2.05) is 12.1 Å². The Labute approximate surface area is 233 Å². The number of rotatable bonds is 7. The van der Waals surface area contributed by atoms with E-state index in [1.54, 1.807) is 44.2 Å². The van der Waals surface area contributed by atoms with E-state index in [4.69, 9.17) is 10.5 Å². The van der Waals surface area contributed by atoms with Gasteiger partial charge in [-0.3, -0.25) is 4.79 Å². The van der Waals surface area contributed by atoms with Crippen LogP contribution >= 0.6 is 0 Å². The summed E-state index contributed by atoms with van der Waals surface area (Å²) in [4.78, 5) is 22.4. The fourth-order valence-electron chi connectivity index (χ4n) is 4.86. The third-order valence-electron chi connectivity index (χ3n) is 6.61. The van der Waals surface area contributed by atoms with Gasteiger partial charge in [-0.15, -0.1) is 0 Å². The highest BCUT2D eigenvalue weighted by molar-refractivity contribution is 5.99. The fourth-order valence-corrected chi connectivity index (χ4v) is 4.86. The molecule has 0 saturated carbocycles. The van der Waals surface area contributed by atoms with Crippen molar-refractivity contribution < 1.29 is 22.7 Å². The largest absolute Gasteiger partial charge is 0.457 e. The fraction of sp³-hybridized carbons (Fsp3) is 0.276. The lowest BCUT2D eigenvalue weighted by molar-refractivity contribution is -0.129. The lowest BCUT2D eigenvalue weighted by Gasteiger charge is -2.24. The second-order valence-corrected chi connectivity index (χ2v) is 10.1. The van der Waals surface area contributed by atoms with Gasteiger partial charge in [-0.2, -0.15) is 10.4 Å². The van der Waals surface area contributed by atoms with Crippen LogP contribution in [-0.2, 0) is 11.3 Å². The zero-order chi connectivity index (χ0) is 29.3. The van der Waals surface area contributed by atoms with E-state index in [9.17, 15) is 18.8 Å². The SMILES string of the molecule is CC(C)/C=C(\C#N)C(=O)N1CC(F)(F)C[C@H]1Cn1nc(-c2ccc(Oc3ccccc3)cc2F)c2c(N)ncnc21. The molecule has 9 nitrogen and oxygen atoms in total. The number of nitrogen functional groups attached to an aromatic ring is 1. The number of alkyl halides is 2. The number of para-hydroxylation sites is 1. The topological polar surface area (TPSA) is 123 Å². The third kappa shape index (κ3) is 5.70. The second kappa shape index (κ2) is 10.9. The van der Waals surface area contributed by atoms with Crippen LogP contribution in [0.5, 0.6) is 11.5 Å². The number of carbonyl (C=O) groups is 1. The number of halogens is 3. The molecule has 1 aliphatic heterocycles. The number of carbonyl (C=O) groups excluding carboxylic acids is 1. The van der Waals surface area contributed by atoms with Crippen LogP contribution in [0.15, 0.2) is 66.5 Å². The van der Waals surface area contributed by atoms with Crippen molar-refractivity contribution in [1.29, 1.82) is 5.26 Å². The highest BCUT2D eigenvalue weighted by atomic mass is 19.3. The number of nitriles is 1. The van der Waals surface area contributed by atoms with Crippen molar-refractivity contribution in [3.05, 3.63) is 72.3 Å². The molecule has 2 aromatic carbocycles. The molecule has 1 aliphatic rings. The molecule has 0 spiro atoms. The monoisotopic (exact) mass is 561 g/mol. The highest BCUT2D eigenvalue weighted by Gasteiger charge is 2.48. The quantitative estimate of drug-likeness (QED) is 0.238. The van der Waals surface area contributed by atoms with Gasteiger partial charge < -0.3 is 15.4 Å². The number of likely N-dealkylation sites (tertiary alicyclic amines) is 1. The lowest BCUT2D eigenvalue weighted by atomic mass is 10.1. The average Bonchev–Trinajstić information content (AvgIpc) is 3.44. The van der Waals surface area contributed by atoms with Crippen LogP contribution in [0, 0.1) is 23.1 Å². The molecule has 2 N–H and O–H groups in total. The Bertz CT molecular complexity index is 1680. The number of amides is 1. The number of hydrogen-bond donors (Lipinski definition) is 1. The van der Waals surface area contributed by atoms with E-state index in [0.717, 1.165) is 4.90 Å². The Kier molecular flexibility index (Phi) is 7.36. The molecule has 0 radical (unpaired) electrons. The minimum absolute atomic E-state index is 0.0246. The molecule has 210 valence electrons. The first kappa shape index (κ1) is 27.6. The maximum absolute atomic E-state index is 15.4. The van der Waals surface area contributed by atoms with Gasteiger partial charge in [0.1, 0.15) is 46.8 Å². The zero-order valence-corrected chi connectivity index (χ0v) is 22.3. The first-order valence-electron chi connectivity index (χ1n) is 12.9. The standard InChI is InChI=1S/C29H26F3N7O2/c1-17(2)10-18(13-33)28(40)38-15-29(31,32)12-19(38)14-39-27-24(26(34)35-16-36-27)25(37-39)22-9-8-21(11-23(22)30)41-20-6-4-3-5-7-20/h3-11,16-17,19H,12,14-15H2,1-2H3,(H2,34,35,36)/b18-10+/t19-/m0/s1. The van der Waals surface area contributed by atoms with Crippen molar-refractivity contribution >= 4 is 22.8 Å². The van der Waals surface area contributed by atoms with Crippen LogP contribution in [0.2, 0.25) is 0 Å². The summed E-state index contributed by atoms with van der Waals surface area (Å²) in [5.41, 5.74) is 6.31. The van der Waals surface area contributed by atoms with Gasteiger partial charge in [0.15, 0.2) is 5.65 Å². The zero-order valence-electron chi connectivity index (χ0n) is 22.3. The normalized spacial score (nSPS) is 16.8. The number of anilines is 1. The van der Waals surface area contributed by atoms with Crippen molar-refractivity contribution in [2.75, 3.05) is 12.3 Å². The molecule has 1 amide bonds. The number of ether oxygens (including phenoxy) is 1. The molecule has 3 heterocycles.